The predicted octanol–water partition coefficient (Wildman–Crippen LogP) is -0.127. The van der Waals surface area contributed by atoms with Gasteiger partial charge in [0.2, 0.25) is 5.76 Å². The van der Waals surface area contributed by atoms with Crippen molar-refractivity contribution in [2.75, 3.05) is 0 Å². The van der Waals surface area contributed by atoms with Crippen molar-refractivity contribution in [3.63, 3.8) is 0 Å². The average Bonchev–Trinajstić information content (AvgIpc) is 1.82. The first-order chi connectivity index (χ1) is 4.22. The van der Waals surface area contributed by atoms with Gasteiger partial charge in [-0.05, 0) is 6.92 Å². The number of hydrogen-bond donors (Lipinski definition) is 1. The third kappa shape index (κ3) is 2.34. The van der Waals surface area contributed by atoms with Gasteiger partial charge in [0.15, 0.2) is 0 Å². The summed E-state index contributed by atoms with van der Waals surface area (Å²) in [7, 11) is 0. The van der Waals surface area contributed by atoms with E-state index < -0.39 is 0 Å². The minimum Gasteiger partial charge on any atom is -0.415 e. The first-order valence-corrected chi connectivity index (χ1v) is 2.19. The van der Waals surface area contributed by atoms with E-state index in [0.29, 0.717) is 0 Å². The van der Waals surface area contributed by atoms with Crippen LogP contribution in [0.25, 0.3) is 0 Å². The number of ether oxygens (including phenoxy) is 1. The van der Waals surface area contributed by atoms with Gasteiger partial charge in [0, 0.05) is 0 Å². The van der Waals surface area contributed by atoms with Gasteiger partial charge in [0.25, 0.3) is 6.47 Å². The molecule has 0 atom stereocenters. The summed E-state index contributed by atoms with van der Waals surface area (Å²) in [6.07, 6.45) is 0. The molecule has 0 saturated carbocycles. The average molecular weight is 126 g/mol. The fourth-order valence-corrected chi connectivity index (χ4v) is 0.256. The molecule has 0 aromatic rings. The highest BCUT2D eigenvalue weighted by Gasteiger charge is 1.96. The Bertz CT molecular complexity index is 174. The van der Waals surface area contributed by atoms with Crippen molar-refractivity contribution in [1.29, 1.82) is 5.26 Å². The highest BCUT2D eigenvalue weighted by molar-refractivity contribution is 5.42. The molecule has 0 aliphatic rings. The number of hydrogen-bond acceptors (Lipinski definition) is 4. The van der Waals surface area contributed by atoms with Crippen molar-refractivity contribution in [2.24, 2.45) is 5.73 Å². The molecular formula is C5H6N2O2. The van der Waals surface area contributed by atoms with E-state index in [-0.39, 0.29) is 17.9 Å². The van der Waals surface area contributed by atoms with Crippen molar-refractivity contribution in [3.05, 3.63) is 11.5 Å². The Morgan fingerprint density at radius 3 is 2.56 bits per heavy atom. The molecular weight excluding hydrogens is 120 g/mol. The molecule has 0 amide bonds. The van der Waals surface area contributed by atoms with Gasteiger partial charge in [-0.15, -0.1) is 0 Å². The second-order valence-electron chi connectivity index (χ2n) is 1.34. The Hall–Kier alpha value is -1.50. The van der Waals surface area contributed by atoms with Crippen molar-refractivity contribution in [2.45, 2.75) is 6.92 Å². The van der Waals surface area contributed by atoms with Gasteiger partial charge in [-0.3, -0.25) is 4.79 Å². The molecule has 0 bridgehead atoms. The molecule has 0 saturated heterocycles. The Labute approximate surface area is 52.5 Å². The quantitative estimate of drug-likeness (QED) is 0.317. The standard InChI is InChI=1S/C5H6N2O2/c1-4(7)5(2-6)9-3-8/h3H,7H2,1H3. The number of allylic oxidation sites excluding steroid dienone is 2. The van der Waals surface area contributed by atoms with E-state index in [1.54, 1.807) is 6.07 Å². The molecule has 0 aliphatic carbocycles. The lowest BCUT2D eigenvalue weighted by atomic mass is 10.4. The van der Waals surface area contributed by atoms with Gasteiger partial charge in [0.05, 0.1) is 5.70 Å². The molecule has 0 heterocycles. The summed E-state index contributed by atoms with van der Waals surface area (Å²) in [5.41, 5.74) is 5.31. The molecule has 0 radical (unpaired) electrons. The Balaban J connectivity index is 4.20. The third-order valence-corrected chi connectivity index (χ3v) is 0.626. The van der Waals surface area contributed by atoms with Crippen molar-refractivity contribution < 1.29 is 9.53 Å². The fourth-order valence-electron chi connectivity index (χ4n) is 0.256. The van der Waals surface area contributed by atoms with Crippen LogP contribution in [0.3, 0.4) is 0 Å². The van der Waals surface area contributed by atoms with E-state index in [1.165, 1.54) is 6.92 Å². The molecule has 48 valence electrons. The highest BCUT2D eigenvalue weighted by atomic mass is 16.5. The van der Waals surface area contributed by atoms with Crippen LogP contribution in [0, 0.1) is 11.3 Å². The first-order valence-electron chi connectivity index (χ1n) is 2.19. The summed E-state index contributed by atoms with van der Waals surface area (Å²) < 4.78 is 4.17. The molecule has 4 nitrogen and oxygen atoms in total. The topological polar surface area (TPSA) is 76.1 Å². The molecule has 2 N–H and O–H groups in total. The fraction of sp³-hybridized carbons (Fsp3) is 0.200. The molecule has 0 aromatic carbocycles. The number of carbonyl (C=O) groups excluding carboxylic acids is 1. The van der Waals surface area contributed by atoms with E-state index in [0.717, 1.165) is 0 Å². The molecule has 0 unspecified atom stereocenters. The van der Waals surface area contributed by atoms with Gasteiger partial charge >= 0.3 is 0 Å². The van der Waals surface area contributed by atoms with Gasteiger partial charge in [0.1, 0.15) is 6.07 Å². The second kappa shape index (κ2) is 3.50. The number of nitriles is 1. The zero-order chi connectivity index (χ0) is 7.28. The molecule has 0 aliphatic heterocycles. The van der Waals surface area contributed by atoms with Crippen LogP contribution in [0.1, 0.15) is 6.92 Å². The van der Waals surface area contributed by atoms with Crippen molar-refractivity contribution >= 4 is 6.47 Å². The van der Waals surface area contributed by atoms with Crippen LogP contribution in [0.2, 0.25) is 0 Å². The number of carbonyl (C=O) groups is 1. The molecule has 4 heteroatoms. The van der Waals surface area contributed by atoms with E-state index in [1.807, 2.05) is 0 Å². The molecule has 0 spiro atoms. The van der Waals surface area contributed by atoms with E-state index >= 15 is 0 Å². The van der Waals surface area contributed by atoms with Crippen LogP contribution < -0.4 is 5.73 Å². The van der Waals surface area contributed by atoms with Gasteiger partial charge in [-0.2, -0.15) is 5.26 Å². The molecule has 9 heavy (non-hydrogen) atoms. The SMILES string of the molecule is CC(N)=C(C#N)OC=O. The zero-order valence-electron chi connectivity index (χ0n) is 4.92. The normalized spacial score (nSPS) is 11.1. The lowest BCUT2D eigenvalue weighted by Crippen LogP contribution is -1.99. The van der Waals surface area contributed by atoms with Gasteiger partial charge in [-0.25, -0.2) is 0 Å². The van der Waals surface area contributed by atoms with Crippen molar-refractivity contribution in [1.82, 2.24) is 0 Å². The summed E-state index contributed by atoms with van der Waals surface area (Å²) in [6, 6.07) is 1.60. The Morgan fingerprint density at radius 2 is 2.44 bits per heavy atom. The van der Waals surface area contributed by atoms with Crippen LogP contribution in [0.5, 0.6) is 0 Å². The van der Waals surface area contributed by atoms with Crippen molar-refractivity contribution in [3.8, 4) is 6.07 Å². The predicted molar refractivity (Wildman–Crippen MR) is 29.6 cm³/mol. The lowest BCUT2D eigenvalue weighted by molar-refractivity contribution is -0.124. The van der Waals surface area contributed by atoms with E-state index in [9.17, 15) is 4.79 Å². The summed E-state index contributed by atoms with van der Waals surface area (Å²) in [5, 5.41) is 8.16. The van der Waals surface area contributed by atoms with Crippen LogP contribution in [0.4, 0.5) is 0 Å². The largest absolute Gasteiger partial charge is 0.415 e. The van der Waals surface area contributed by atoms with E-state index in [4.69, 9.17) is 11.0 Å². The first kappa shape index (κ1) is 7.50. The Morgan fingerprint density at radius 1 is 1.89 bits per heavy atom. The number of nitrogens with zero attached hydrogens (tertiary/aromatic N) is 1. The number of rotatable bonds is 2. The number of nitrogens with two attached hydrogens (primary N) is 1. The minimum absolute atomic E-state index is 0.148. The van der Waals surface area contributed by atoms with Crippen LogP contribution >= 0.6 is 0 Å². The highest BCUT2D eigenvalue weighted by Crippen LogP contribution is 1.95. The van der Waals surface area contributed by atoms with Crippen LogP contribution in [-0.2, 0) is 9.53 Å². The van der Waals surface area contributed by atoms with E-state index in [2.05, 4.69) is 4.74 Å². The maximum absolute atomic E-state index is 9.62. The monoisotopic (exact) mass is 126 g/mol. The molecule has 0 fully saturated rings. The summed E-state index contributed by atoms with van der Waals surface area (Å²) in [5.74, 6) is -0.148. The summed E-state index contributed by atoms with van der Waals surface area (Å²) in [6.45, 7) is 1.64. The zero-order valence-corrected chi connectivity index (χ0v) is 4.92. The molecule has 0 aromatic heterocycles. The van der Waals surface area contributed by atoms with Crippen LogP contribution in [-0.4, -0.2) is 6.47 Å². The smallest absolute Gasteiger partial charge is 0.299 e. The Kier molecular flexibility index (Phi) is 2.91. The maximum Gasteiger partial charge on any atom is 0.299 e. The summed E-state index contributed by atoms with van der Waals surface area (Å²) >= 11 is 0. The molecule has 0 rings (SSSR count). The summed E-state index contributed by atoms with van der Waals surface area (Å²) in [4.78, 5) is 9.62. The minimum atomic E-state index is -0.148. The maximum atomic E-state index is 9.62. The van der Waals surface area contributed by atoms with Gasteiger partial charge in [-0.1, -0.05) is 0 Å². The third-order valence-electron chi connectivity index (χ3n) is 0.626. The van der Waals surface area contributed by atoms with Gasteiger partial charge < -0.3 is 10.5 Å². The lowest BCUT2D eigenvalue weighted by Gasteiger charge is -1.93. The van der Waals surface area contributed by atoms with Crippen LogP contribution in [0.15, 0.2) is 11.5 Å². The second-order valence-corrected chi connectivity index (χ2v) is 1.34.